The van der Waals surface area contributed by atoms with Crippen LogP contribution < -0.4 is 0 Å². The summed E-state index contributed by atoms with van der Waals surface area (Å²) in [7, 11) is 0. The second-order valence-corrected chi connectivity index (χ2v) is 5.39. The molecule has 3 rings (SSSR count). The van der Waals surface area contributed by atoms with E-state index in [1.807, 2.05) is 0 Å². The van der Waals surface area contributed by atoms with Crippen molar-refractivity contribution < 1.29 is 13.2 Å². The summed E-state index contributed by atoms with van der Waals surface area (Å²) in [5, 5.41) is 6.66. The number of nitrogens with zero attached hydrogens (tertiary/aromatic N) is 4. The zero-order valence-electron chi connectivity index (χ0n) is 10.9. The van der Waals surface area contributed by atoms with Crippen LogP contribution in [0.25, 0.3) is 0 Å². The Morgan fingerprint density at radius 3 is 2.80 bits per heavy atom. The molecular formula is C12H16F3N5. The maximum atomic E-state index is 13.0. The number of halogens is 3. The van der Waals surface area contributed by atoms with Gasteiger partial charge < -0.3 is 9.88 Å². The molecule has 1 aromatic rings. The van der Waals surface area contributed by atoms with Crippen LogP contribution in [0.15, 0.2) is 22.8 Å². The van der Waals surface area contributed by atoms with E-state index in [-0.39, 0.29) is 0 Å². The molecule has 0 saturated carbocycles. The van der Waals surface area contributed by atoms with E-state index in [0.29, 0.717) is 13.0 Å². The summed E-state index contributed by atoms with van der Waals surface area (Å²) in [6.07, 6.45) is 1.05. The molecule has 1 N–H and O–H groups in total. The van der Waals surface area contributed by atoms with E-state index < -0.39 is 17.8 Å². The molecule has 2 aliphatic heterocycles. The lowest BCUT2D eigenvalue weighted by Gasteiger charge is -2.35. The summed E-state index contributed by atoms with van der Waals surface area (Å²) >= 11 is 0. The molecule has 2 aliphatic rings. The maximum Gasteiger partial charge on any atom is 0.438 e. The average Bonchev–Trinajstić information content (AvgIpc) is 3.08. The predicted octanol–water partition coefficient (Wildman–Crippen LogP) is 2.39. The third-order valence-corrected chi connectivity index (χ3v) is 4.06. The highest BCUT2D eigenvalue weighted by Crippen LogP contribution is 2.51. The standard InChI is InChI=1S/C12H16F3N5/c13-12(14,15)11(18-19-11)9-2-1-4-20(7-9)5-3-10-6-16-8-17-10/h6,8-9H,1-5,7H2,(H,16,17). The Balaban J connectivity index is 1.57. The first kappa shape index (κ1) is 13.5. The minimum absolute atomic E-state index is 0.403. The van der Waals surface area contributed by atoms with Gasteiger partial charge in [-0.3, -0.25) is 0 Å². The van der Waals surface area contributed by atoms with Crippen molar-refractivity contribution >= 4 is 0 Å². The van der Waals surface area contributed by atoms with Crippen molar-refractivity contribution in [1.82, 2.24) is 14.9 Å². The molecule has 1 aromatic heterocycles. The number of piperidine rings is 1. The van der Waals surface area contributed by atoms with E-state index in [0.717, 1.165) is 31.6 Å². The summed E-state index contributed by atoms with van der Waals surface area (Å²) in [6.45, 7) is 1.96. The normalized spacial score (nSPS) is 25.9. The molecule has 0 radical (unpaired) electrons. The SMILES string of the molecule is FC(F)(F)C1(C2CCCN(CCc3cnc[nH]3)C2)N=N1. The lowest BCUT2D eigenvalue weighted by molar-refractivity contribution is -0.180. The Labute approximate surface area is 114 Å². The van der Waals surface area contributed by atoms with Gasteiger partial charge in [-0.05, 0) is 19.4 Å². The van der Waals surface area contributed by atoms with Crippen LogP contribution in [0.3, 0.4) is 0 Å². The molecule has 0 bridgehead atoms. The zero-order chi connectivity index (χ0) is 14.2. The third kappa shape index (κ3) is 2.44. The smallest absolute Gasteiger partial charge is 0.348 e. The summed E-state index contributed by atoms with van der Waals surface area (Å²) in [5.41, 5.74) is -1.11. The van der Waals surface area contributed by atoms with Gasteiger partial charge in [0.1, 0.15) is 0 Å². The van der Waals surface area contributed by atoms with Gasteiger partial charge in [-0.15, -0.1) is 10.2 Å². The Morgan fingerprint density at radius 2 is 2.20 bits per heavy atom. The van der Waals surface area contributed by atoms with Crippen LogP contribution in [-0.4, -0.2) is 46.3 Å². The molecule has 8 heteroatoms. The molecule has 110 valence electrons. The highest BCUT2D eigenvalue weighted by molar-refractivity contribution is 5.07. The summed E-state index contributed by atoms with van der Waals surface area (Å²) in [6, 6.07) is 0. The number of alkyl halides is 3. The highest BCUT2D eigenvalue weighted by Gasteiger charge is 2.68. The summed E-state index contributed by atoms with van der Waals surface area (Å²) in [4.78, 5) is 8.99. The maximum absolute atomic E-state index is 13.0. The molecule has 0 aliphatic carbocycles. The van der Waals surface area contributed by atoms with E-state index in [1.54, 1.807) is 12.5 Å². The van der Waals surface area contributed by atoms with Crippen molar-refractivity contribution in [3.8, 4) is 0 Å². The van der Waals surface area contributed by atoms with Gasteiger partial charge in [-0.2, -0.15) is 13.2 Å². The first-order valence-electron chi connectivity index (χ1n) is 6.72. The molecule has 20 heavy (non-hydrogen) atoms. The van der Waals surface area contributed by atoms with Gasteiger partial charge in [0.05, 0.1) is 6.33 Å². The molecule has 1 unspecified atom stereocenters. The van der Waals surface area contributed by atoms with Crippen molar-refractivity contribution in [2.75, 3.05) is 19.6 Å². The average molecular weight is 287 g/mol. The molecule has 1 atom stereocenters. The van der Waals surface area contributed by atoms with E-state index >= 15 is 0 Å². The number of likely N-dealkylation sites (tertiary alicyclic amines) is 1. The molecule has 1 fully saturated rings. The zero-order valence-corrected chi connectivity index (χ0v) is 10.9. The Bertz CT molecular complexity index is 476. The van der Waals surface area contributed by atoms with Crippen molar-refractivity contribution in [3.63, 3.8) is 0 Å². The van der Waals surface area contributed by atoms with Crippen LogP contribution in [0.2, 0.25) is 0 Å². The molecule has 3 heterocycles. The van der Waals surface area contributed by atoms with Gasteiger partial charge in [0.25, 0.3) is 5.66 Å². The third-order valence-electron chi connectivity index (χ3n) is 4.06. The molecule has 1 saturated heterocycles. The quantitative estimate of drug-likeness (QED) is 0.924. The number of hydrogen-bond acceptors (Lipinski definition) is 4. The van der Waals surface area contributed by atoms with E-state index in [1.165, 1.54) is 0 Å². The van der Waals surface area contributed by atoms with Gasteiger partial charge in [0, 0.05) is 37.3 Å². The Hall–Kier alpha value is -1.44. The monoisotopic (exact) mass is 287 g/mol. The minimum atomic E-state index is -4.36. The van der Waals surface area contributed by atoms with Gasteiger partial charge in [-0.1, -0.05) is 0 Å². The van der Waals surface area contributed by atoms with Crippen molar-refractivity contribution in [1.29, 1.82) is 0 Å². The number of imidazole rings is 1. The lowest BCUT2D eigenvalue weighted by Crippen LogP contribution is -2.48. The predicted molar refractivity (Wildman–Crippen MR) is 65.1 cm³/mol. The van der Waals surface area contributed by atoms with Crippen molar-refractivity contribution in [2.45, 2.75) is 31.1 Å². The van der Waals surface area contributed by atoms with Crippen LogP contribution in [0, 0.1) is 5.92 Å². The second-order valence-electron chi connectivity index (χ2n) is 5.39. The van der Waals surface area contributed by atoms with Gasteiger partial charge >= 0.3 is 6.18 Å². The first-order valence-corrected chi connectivity index (χ1v) is 6.72. The lowest BCUT2D eigenvalue weighted by atomic mass is 9.87. The number of nitrogens with one attached hydrogen (secondary N) is 1. The molecule has 0 amide bonds. The number of aromatic nitrogens is 2. The van der Waals surface area contributed by atoms with E-state index in [4.69, 9.17) is 0 Å². The van der Waals surface area contributed by atoms with Crippen molar-refractivity contribution in [2.24, 2.45) is 16.1 Å². The number of H-pyrrole nitrogens is 1. The van der Waals surface area contributed by atoms with Crippen LogP contribution >= 0.6 is 0 Å². The van der Waals surface area contributed by atoms with Crippen LogP contribution in [-0.2, 0) is 6.42 Å². The fourth-order valence-electron chi connectivity index (χ4n) is 2.85. The van der Waals surface area contributed by atoms with Crippen LogP contribution in [0.5, 0.6) is 0 Å². The Kier molecular flexibility index (Phi) is 3.27. The molecule has 0 aromatic carbocycles. The fraction of sp³-hybridized carbons (Fsp3) is 0.750. The topological polar surface area (TPSA) is 56.6 Å². The summed E-state index contributed by atoms with van der Waals surface area (Å²) < 4.78 is 39.0. The molecular weight excluding hydrogens is 271 g/mol. The molecule has 0 spiro atoms. The largest absolute Gasteiger partial charge is 0.438 e. The van der Waals surface area contributed by atoms with Gasteiger partial charge in [0.15, 0.2) is 0 Å². The van der Waals surface area contributed by atoms with Crippen LogP contribution in [0.4, 0.5) is 13.2 Å². The van der Waals surface area contributed by atoms with Gasteiger partial charge in [-0.25, -0.2) is 4.98 Å². The highest BCUT2D eigenvalue weighted by atomic mass is 19.4. The number of aromatic amines is 1. The number of rotatable bonds is 4. The number of hydrogen-bond donors (Lipinski definition) is 1. The molecule has 5 nitrogen and oxygen atoms in total. The minimum Gasteiger partial charge on any atom is -0.348 e. The van der Waals surface area contributed by atoms with E-state index in [2.05, 4.69) is 25.1 Å². The van der Waals surface area contributed by atoms with Crippen LogP contribution in [0.1, 0.15) is 18.5 Å². The van der Waals surface area contributed by atoms with Gasteiger partial charge in [0.2, 0.25) is 0 Å². The second kappa shape index (κ2) is 4.83. The summed E-state index contributed by atoms with van der Waals surface area (Å²) in [5.74, 6) is -0.544. The Morgan fingerprint density at radius 1 is 1.40 bits per heavy atom. The van der Waals surface area contributed by atoms with Crippen molar-refractivity contribution in [3.05, 3.63) is 18.2 Å². The fourth-order valence-corrected chi connectivity index (χ4v) is 2.85. The van der Waals surface area contributed by atoms with E-state index in [9.17, 15) is 13.2 Å². The first-order chi connectivity index (χ1) is 9.51.